The van der Waals surface area contributed by atoms with Crippen LogP contribution in [-0.4, -0.2) is 36.9 Å². The van der Waals surface area contributed by atoms with Gasteiger partial charge in [0.25, 0.3) is 0 Å². The van der Waals surface area contributed by atoms with Gasteiger partial charge in [-0.25, -0.2) is 0 Å². The molecule has 68 valence electrons. The molecule has 0 unspecified atom stereocenters. The lowest BCUT2D eigenvalue weighted by molar-refractivity contribution is -0.153. The van der Waals surface area contributed by atoms with Crippen LogP contribution in [-0.2, 0) is 9.53 Å². The number of cyclic esters (lactones) is 1. The summed E-state index contributed by atoms with van der Waals surface area (Å²) in [5.74, 6) is -0.212. The number of carbonyl (C=O) groups is 1. The molecule has 2 N–H and O–H groups in total. The molecule has 2 saturated heterocycles. The number of esters is 1. The molecule has 0 aromatic rings. The molecule has 0 aromatic heterocycles. The monoisotopic (exact) mass is 171 g/mol. The maximum Gasteiger partial charge on any atom is 0.314 e. The minimum absolute atomic E-state index is 0.212. The molecule has 0 amide bonds. The number of β-amino-alcohol motifs (C(OH)–C–C–N with tert-alkyl or cyclic N) is 1. The van der Waals surface area contributed by atoms with E-state index in [1.807, 2.05) is 0 Å². The Morgan fingerprint density at radius 1 is 1.58 bits per heavy atom. The first-order valence-electron chi connectivity index (χ1n) is 4.32. The van der Waals surface area contributed by atoms with Gasteiger partial charge in [0.1, 0.15) is 0 Å². The Morgan fingerprint density at radius 2 is 2.42 bits per heavy atom. The highest BCUT2D eigenvalue weighted by Crippen LogP contribution is 2.38. The van der Waals surface area contributed by atoms with Crippen LogP contribution in [0.4, 0.5) is 0 Å². The molecule has 0 bridgehead atoms. The van der Waals surface area contributed by atoms with Crippen molar-refractivity contribution in [3.05, 3.63) is 0 Å². The van der Waals surface area contributed by atoms with Crippen LogP contribution < -0.4 is 5.32 Å². The molecule has 4 heteroatoms. The Kier molecular flexibility index (Phi) is 1.81. The van der Waals surface area contributed by atoms with Crippen molar-refractivity contribution >= 4 is 5.97 Å². The quantitative estimate of drug-likeness (QED) is 0.472. The van der Waals surface area contributed by atoms with E-state index in [1.54, 1.807) is 0 Å². The molecular formula is C8H13NO3. The lowest BCUT2D eigenvalue weighted by atomic mass is 9.75. The fraction of sp³-hybridized carbons (Fsp3) is 0.875. The van der Waals surface area contributed by atoms with Gasteiger partial charge in [0.05, 0.1) is 18.1 Å². The molecule has 4 nitrogen and oxygen atoms in total. The molecule has 2 aliphatic heterocycles. The summed E-state index contributed by atoms with van der Waals surface area (Å²) in [4.78, 5) is 11.4. The predicted octanol–water partition coefficient (Wildman–Crippen LogP) is -0.726. The first-order chi connectivity index (χ1) is 5.76. The Morgan fingerprint density at radius 3 is 3.00 bits per heavy atom. The number of rotatable bonds is 0. The topological polar surface area (TPSA) is 58.6 Å². The summed E-state index contributed by atoms with van der Waals surface area (Å²) in [6.07, 6.45) is 0.808. The standard InChI is InChI=1S/C8H13NO3/c10-6-5-9-3-1-8(6)2-4-12-7(8)11/h6,9-10H,1-5H2/t6-,8-/m0/s1. The summed E-state index contributed by atoms with van der Waals surface area (Å²) >= 11 is 0. The third-order valence-corrected chi connectivity index (χ3v) is 2.91. The van der Waals surface area contributed by atoms with E-state index in [4.69, 9.17) is 4.74 Å². The van der Waals surface area contributed by atoms with E-state index in [0.717, 1.165) is 6.54 Å². The minimum atomic E-state index is -0.578. The zero-order valence-corrected chi connectivity index (χ0v) is 6.88. The van der Waals surface area contributed by atoms with Gasteiger partial charge in [-0.2, -0.15) is 0 Å². The summed E-state index contributed by atoms with van der Waals surface area (Å²) in [5.41, 5.74) is -0.578. The van der Waals surface area contributed by atoms with Crippen molar-refractivity contribution in [1.82, 2.24) is 5.32 Å². The molecule has 2 rings (SSSR count). The van der Waals surface area contributed by atoms with Gasteiger partial charge in [-0.3, -0.25) is 4.79 Å². The van der Waals surface area contributed by atoms with Crippen LogP contribution in [0.1, 0.15) is 12.8 Å². The number of hydrogen-bond donors (Lipinski definition) is 2. The molecule has 2 fully saturated rings. The number of hydrogen-bond acceptors (Lipinski definition) is 4. The highest BCUT2D eigenvalue weighted by molar-refractivity contribution is 5.79. The average molecular weight is 171 g/mol. The summed E-state index contributed by atoms with van der Waals surface area (Å²) in [6.45, 7) is 1.77. The van der Waals surface area contributed by atoms with Crippen molar-refractivity contribution in [2.75, 3.05) is 19.7 Å². The number of ether oxygens (including phenoxy) is 1. The number of aliphatic hydroxyl groups excluding tert-OH is 1. The van der Waals surface area contributed by atoms with Crippen LogP contribution in [0.15, 0.2) is 0 Å². The van der Waals surface area contributed by atoms with Crippen molar-refractivity contribution in [1.29, 1.82) is 0 Å². The molecule has 2 aliphatic rings. The summed E-state index contributed by atoms with van der Waals surface area (Å²) < 4.78 is 4.89. The number of carbonyl (C=O) groups excluding carboxylic acids is 1. The van der Waals surface area contributed by atoms with Gasteiger partial charge in [0, 0.05) is 13.0 Å². The lowest BCUT2D eigenvalue weighted by Gasteiger charge is -2.34. The Bertz CT molecular complexity index is 206. The van der Waals surface area contributed by atoms with E-state index in [1.165, 1.54) is 0 Å². The van der Waals surface area contributed by atoms with E-state index < -0.39 is 11.5 Å². The Labute approximate surface area is 70.9 Å². The molecule has 0 aliphatic carbocycles. The lowest BCUT2D eigenvalue weighted by Crippen LogP contribution is -2.51. The second kappa shape index (κ2) is 2.71. The van der Waals surface area contributed by atoms with Gasteiger partial charge < -0.3 is 15.2 Å². The Balaban J connectivity index is 2.21. The average Bonchev–Trinajstić information content (AvgIpc) is 2.41. The first kappa shape index (κ1) is 8.01. The van der Waals surface area contributed by atoms with Crippen molar-refractivity contribution in [2.45, 2.75) is 18.9 Å². The molecule has 1 spiro atoms. The molecule has 2 heterocycles. The van der Waals surface area contributed by atoms with Crippen LogP contribution >= 0.6 is 0 Å². The second-order valence-electron chi connectivity index (χ2n) is 3.51. The fourth-order valence-electron chi connectivity index (χ4n) is 2.01. The van der Waals surface area contributed by atoms with Gasteiger partial charge in [-0.1, -0.05) is 0 Å². The van der Waals surface area contributed by atoms with E-state index in [2.05, 4.69) is 5.32 Å². The van der Waals surface area contributed by atoms with Gasteiger partial charge >= 0.3 is 5.97 Å². The maximum atomic E-state index is 11.4. The van der Waals surface area contributed by atoms with E-state index in [-0.39, 0.29) is 5.97 Å². The maximum absolute atomic E-state index is 11.4. The number of aliphatic hydroxyl groups is 1. The normalized spacial score (nSPS) is 41.8. The highest BCUT2D eigenvalue weighted by atomic mass is 16.5. The van der Waals surface area contributed by atoms with Gasteiger partial charge in [0.2, 0.25) is 0 Å². The molecule has 12 heavy (non-hydrogen) atoms. The van der Waals surface area contributed by atoms with Gasteiger partial charge in [-0.05, 0) is 13.0 Å². The van der Waals surface area contributed by atoms with Crippen LogP contribution in [0, 0.1) is 5.41 Å². The van der Waals surface area contributed by atoms with E-state index in [0.29, 0.717) is 26.0 Å². The van der Waals surface area contributed by atoms with E-state index >= 15 is 0 Å². The highest BCUT2D eigenvalue weighted by Gasteiger charge is 2.51. The molecule has 0 saturated carbocycles. The minimum Gasteiger partial charge on any atom is -0.465 e. The summed E-state index contributed by atoms with van der Waals surface area (Å²) in [5, 5.41) is 12.7. The van der Waals surface area contributed by atoms with Gasteiger partial charge in [-0.15, -0.1) is 0 Å². The van der Waals surface area contributed by atoms with Crippen molar-refractivity contribution < 1.29 is 14.6 Å². The van der Waals surface area contributed by atoms with Crippen molar-refractivity contribution in [3.8, 4) is 0 Å². The molecule has 0 aromatic carbocycles. The zero-order valence-electron chi connectivity index (χ0n) is 6.88. The zero-order chi connectivity index (χ0) is 8.60. The number of piperidine rings is 1. The third-order valence-electron chi connectivity index (χ3n) is 2.91. The second-order valence-corrected chi connectivity index (χ2v) is 3.51. The smallest absolute Gasteiger partial charge is 0.314 e. The summed E-state index contributed by atoms with van der Waals surface area (Å²) in [6, 6.07) is 0. The largest absolute Gasteiger partial charge is 0.465 e. The van der Waals surface area contributed by atoms with Crippen LogP contribution in [0.5, 0.6) is 0 Å². The van der Waals surface area contributed by atoms with Crippen LogP contribution in [0.25, 0.3) is 0 Å². The van der Waals surface area contributed by atoms with Crippen LogP contribution in [0.2, 0.25) is 0 Å². The predicted molar refractivity (Wildman–Crippen MR) is 41.5 cm³/mol. The molecule has 2 atom stereocenters. The van der Waals surface area contributed by atoms with Crippen LogP contribution in [0.3, 0.4) is 0 Å². The molecule has 0 radical (unpaired) electrons. The fourth-order valence-corrected chi connectivity index (χ4v) is 2.01. The first-order valence-corrected chi connectivity index (χ1v) is 4.32. The Hall–Kier alpha value is -0.610. The SMILES string of the molecule is O=C1OCC[C@]12CCNC[C@@H]2O. The van der Waals surface area contributed by atoms with Gasteiger partial charge in [0.15, 0.2) is 0 Å². The van der Waals surface area contributed by atoms with Crippen molar-refractivity contribution in [2.24, 2.45) is 5.41 Å². The third kappa shape index (κ3) is 0.949. The summed E-state index contributed by atoms with van der Waals surface area (Å²) in [7, 11) is 0. The molecular weight excluding hydrogens is 158 g/mol. The van der Waals surface area contributed by atoms with Crippen molar-refractivity contribution in [3.63, 3.8) is 0 Å². The van der Waals surface area contributed by atoms with E-state index in [9.17, 15) is 9.90 Å². The number of nitrogens with one attached hydrogen (secondary N) is 1.